The maximum absolute atomic E-state index is 11.1. The smallest absolute Gasteiger partial charge is 0.230 e. The van der Waals surface area contributed by atoms with Gasteiger partial charge in [-0.1, -0.05) is 6.92 Å². The van der Waals surface area contributed by atoms with Crippen molar-refractivity contribution in [2.75, 3.05) is 6.54 Å². The Hall–Kier alpha value is -0.860. The number of hydrogen-bond acceptors (Lipinski definition) is 2. The van der Waals surface area contributed by atoms with Crippen molar-refractivity contribution in [3.63, 3.8) is 0 Å². The molecule has 1 unspecified atom stereocenters. The van der Waals surface area contributed by atoms with E-state index in [1.807, 2.05) is 6.92 Å². The Morgan fingerprint density at radius 1 is 1.55 bits per heavy atom. The Morgan fingerprint density at radius 2 is 2.18 bits per heavy atom. The molecule has 1 amide bonds. The monoisotopic (exact) mass is 155 g/mol. The van der Waals surface area contributed by atoms with Crippen LogP contribution in [-0.4, -0.2) is 29.2 Å². The Kier molecular flexibility index (Phi) is 2.27. The molecule has 0 spiro atoms. The van der Waals surface area contributed by atoms with E-state index in [2.05, 4.69) is 0 Å². The molecule has 62 valence electrons. The summed E-state index contributed by atoms with van der Waals surface area (Å²) in [6.45, 7) is 4.51. The van der Waals surface area contributed by atoms with Crippen LogP contribution < -0.4 is 0 Å². The second kappa shape index (κ2) is 3.03. The highest BCUT2D eigenvalue weighted by atomic mass is 16.2. The summed E-state index contributed by atoms with van der Waals surface area (Å²) in [7, 11) is 0. The van der Waals surface area contributed by atoms with Crippen LogP contribution in [0.5, 0.6) is 0 Å². The molecule has 1 aliphatic rings. The molecule has 0 aromatic heterocycles. The molecule has 0 radical (unpaired) electrons. The molecular weight excluding hydrogens is 142 g/mol. The van der Waals surface area contributed by atoms with Gasteiger partial charge in [-0.25, -0.2) is 0 Å². The number of nitrogens with zero attached hydrogens (tertiary/aromatic N) is 1. The SMILES string of the molecule is CCCN1C(=O)CC(=O)C1C. The predicted octanol–water partition coefficient (Wildman–Crippen LogP) is 0.586. The molecule has 1 atom stereocenters. The first-order chi connectivity index (χ1) is 5.16. The Labute approximate surface area is 66.4 Å². The first-order valence-corrected chi connectivity index (χ1v) is 3.99. The standard InChI is InChI=1S/C8H13NO2/c1-3-4-9-6(2)7(10)5-8(9)11/h6H,3-5H2,1-2H3. The van der Waals surface area contributed by atoms with Gasteiger partial charge < -0.3 is 4.90 Å². The maximum Gasteiger partial charge on any atom is 0.230 e. The van der Waals surface area contributed by atoms with Crippen LogP contribution in [0.4, 0.5) is 0 Å². The first kappa shape index (κ1) is 8.24. The van der Waals surface area contributed by atoms with Crippen LogP contribution >= 0.6 is 0 Å². The van der Waals surface area contributed by atoms with Crippen molar-refractivity contribution >= 4 is 11.7 Å². The normalized spacial score (nSPS) is 24.9. The molecule has 0 bridgehead atoms. The summed E-state index contributed by atoms with van der Waals surface area (Å²) in [5, 5.41) is 0. The van der Waals surface area contributed by atoms with Gasteiger partial charge in [0.1, 0.15) is 0 Å². The molecule has 3 nitrogen and oxygen atoms in total. The highest BCUT2D eigenvalue weighted by Crippen LogP contribution is 2.14. The van der Waals surface area contributed by atoms with Crippen LogP contribution in [0.15, 0.2) is 0 Å². The van der Waals surface area contributed by atoms with Crippen molar-refractivity contribution in [2.24, 2.45) is 0 Å². The molecule has 1 aliphatic heterocycles. The minimum atomic E-state index is -0.178. The molecule has 1 heterocycles. The lowest BCUT2D eigenvalue weighted by Crippen LogP contribution is -2.33. The van der Waals surface area contributed by atoms with Crippen molar-refractivity contribution in [1.82, 2.24) is 4.90 Å². The highest BCUT2D eigenvalue weighted by Gasteiger charge is 2.33. The topological polar surface area (TPSA) is 37.4 Å². The van der Waals surface area contributed by atoms with Crippen molar-refractivity contribution in [3.8, 4) is 0 Å². The first-order valence-electron chi connectivity index (χ1n) is 3.99. The number of Topliss-reactive ketones (excluding diaryl/α,β-unsaturated/α-hetero) is 1. The van der Waals surface area contributed by atoms with Crippen molar-refractivity contribution < 1.29 is 9.59 Å². The maximum atomic E-state index is 11.1. The van der Waals surface area contributed by atoms with Gasteiger partial charge in [-0.15, -0.1) is 0 Å². The molecule has 1 saturated heterocycles. The molecule has 0 N–H and O–H groups in total. The third-order valence-electron chi connectivity index (χ3n) is 2.04. The number of amides is 1. The predicted molar refractivity (Wildman–Crippen MR) is 41.1 cm³/mol. The second-order valence-corrected chi connectivity index (χ2v) is 2.91. The van der Waals surface area contributed by atoms with E-state index in [1.54, 1.807) is 11.8 Å². The van der Waals surface area contributed by atoms with Crippen LogP contribution in [0, 0.1) is 0 Å². The Balaban J connectivity index is 2.63. The van der Waals surface area contributed by atoms with E-state index in [9.17, 15) is 9.59 Å². The number of carbonyl (C=O) groups excluding carboxylic acids is 2. The van der Waals surface area contributed by atoms with Gasteiger partial charge in [-0.2, -0.15) is 0 Å². The van der Waals surface area contributed by atoms with Gasteiger partial charge in [0.25, 0.3) is 0 Å². The van der Waals surface area contributed by atoms with Crippen LogP contribution in [0.25, 0.3) is 0 Å². The van der Waals surface area contributed by atoms with E-state index in [1.165, 1.54) is 0 Å². The van der Waals surface area contributed by atoms with Crippen LogP contribution in [0.2, 0.25) is 0 Å². The Morgan fingerprint density at radius 3 is 2.55 bits per heavy atom. The molecule has 0 aromatic carbocycles. The molecule has 0 aliphatic carbocycles. The zero-order valence-corrected chi connectivity index (χ0v) is 6.96. The summed E-state index contributed by atoms with van der Waals surface area (Å²) < 4.78 is 0. The van der Waals surface area contributed by atoms with E-state index in [0.29, 0.717) is 6.54 Å². The third-order valence-corrected chi connectivity index (χ3v) is 2.04. The summed E-state index contributed by atoms with van der Waals surface area (Å²) in [6.07, 6.45) is 1.03. The summed E-state index contributed by atoms with van der Waals surface area (Å²) >= 11 is 0. The van der Waals surface area contributed by atoms with Crippen LogP contribution in [-0.2, 0) is 9.59 Å². The second-order valence-electron chi connectivity index (χ2n) is 2.91. The average Bonchev–Trinajstić information content (AvgIpc) is 2.17. The van der Waals surface area contributed by atoms with Gasteiger partial charge in [0.2, 0.25) is 5.91 Å². The molecule has 1 fully saturated rings. The van der Waals surface area contributed by atoms with Gasteiger partial charge in [0.05, 0.1) is 12.5 Å². The fraction of sp³-hybridized carbons (Fsp3) is 0.750. The molecule has 0 saturated carbocycles. The van der Waals surface area contributed by atoms with Crippen LogP contribution in [0.1, 0.15) is 26.7 Å². The van der Waals surface area contributed by atoms with E-state index in [4.69, 9.17) is 0 Å². The number of carbonyl (C=O) groups is 2. The summed E-state index contributed by atoms with van der Waals surface area (Å²) in [5.74, 6) is 0.0489. The lowest BCUT2D eigenvalue weighted by atomic mass is 10.2. The summed E-state index contributed by atoms with van der Waals surface area (Å²) in [5.41, 5.74) is 0. The molecule has 1 rings (SSSR count). The lowest BCUT2D eigenvalue weighted by molar-refractivity contribution is -0.128. The van der Waals surface area contributed by atoms with Gasteiger partial charge in [-0.3, -0.25) is 9.59 Å². The van der Waals surface area contributed by atoms with E-state index in [0.717, 1.165) is 6.42 Å². The fourth-order valence-corrected chi connectivity index (χ4v) is 1.35. The molecule has 11 heavy (non-hydrogen) atoms. The Bertz CT molecular complexity index is 189. The van der Waals surface area contributed by atoms with Crippen molar-refractivity contribution in [3.05, 3.63) is 0 Å². The van der Waals surface area contributed by atoms with Gasteiger partial charge >= 0.3 is 0 Å². The van der Waals surface area contributed by atoms with E-state index < -0.39 is 0 Å². The van der Waals surface area contributed by atoms with Gasteiger partial charge in [-0.05, 0) is 13.3 Å². The minimum Gasteiger partial charge on any atom is -0.333 e. The largest absolute Gasteiger partial charge is 0.333 e. The number of ketones is 1. The molecule has 3 heteroatoms. The van der Waals surface area contributed by atoms with Gasteiger partial charge in [0, 0.05) is 6.54 Å². The summed E-state index contributed by atoms with van der Waals surface area (Å²) in [4.78, 5) is 23.8. The minimum absolute atomic E-state index is 0.00986. The zero-order chi connectivity index (χ0) is 8.43. The van der Waals surface area contributed by atoms with Crippen molar-refractivity contribution in [1.29, 1.82) is 0 Å². The van der Waals surface area contributed by atoms with E-state index in [-0.39, 0.29) is 24.2 Å². The molecular formula is C8H13NO2. The molecule has 0 aromatic rings. The van der Waals surface area contributed by atoms with Gasteiger partial charge in [0.15, 0.2) is 5.78 Å². The quantitative estimate of drug-likeness (QED) is 0.547. The van der Waals surface area contributed by atoms with Crippen LogP contribution in [0.3, 0.4) is 0 Å². The lowest BCUT2D eigenvalue weighted by Gasteiger charge is -2.18. The number of likely N-dealkylation sites (tertiary alicyclic amines) is 1. The van der Waals surface area contributed by atoms with Crippen molar-refractivity contribution in [2.45, 2.75) is 32.7 Å². The zero-order valence-electron chi connectivity index (χ0n) is 6.96. The van der Waals surface area contributed by atoms with E-state index >= 15 is 0 Å². The third kappa shape index (κ3) is 1.42. The highest BCUT2D eigenvalue weighted by molar-refractivity contribution is 6.07. The average molecular weight is 155 g/mol. The summed E-state index contributed by atoms with van der Waals surface area (Å²) in [6, 6.07) is -0.178. The fourth-order valence-electron chi connectivity index (χ4n) is 1.35. The number of rotatable bonds is 2. The number of hydrogen-bond donors (Lipinski definition) is 0.